The monoisotopic (exact) mass is 343 g/mol. The summed E-state index contributed by atoms with van der Waals surface area (Å²) in [5, 5.41) is 10.9. The van der Waals surface area contributed by atoms with E-state index in [1.807, 2.05) is 6.92 Å². The molecule has 0 aliphatic heterocycles. The molecule has 0 bridgehead atoms. The molecule has 0 fully saturated rings. The van der Waals surface area contributed by atoms with Crippen LogP contribution in [0.3, 0.4) is 0 Å². The third kappa shape index (κ3) is 7.34. The first-order valence-corrected chi connectivity index (χ1v) is 8.88. The van der Waals surface area contributed by atoms with Crippen molar-refractivity contribution in [3.63, 3.8) is 0 Å². The van der Waals surface area contributed by atoms with Crippen LogP contribution in [0, 0.1) is 6.92 Å². The summed E-state index contributed by atoms with van der Waals surface area (Å²) in [6, 6.07) is 4.67. The van der Waals surface area contributed by atoms with E-state index in [-0.39, 0.29) is 4.90 Å². The lowest BCUT2D eigenvalue weighted by Crippen LogP contribution is -2.33. The number of rotatable bonds is 6. The fourth-order valence-electron chi connectivity index (χ4n) is 1.78. The molecule has 0 aliphatic carbocycles. The second kappa shape index (κ2) is 7.65. The minimum absolute atomic E-state index is 0.0671. The van der Waals surface area contributed by atoms with Gasteiger partial charge in [0.05, 0.1) is 4.90 Å². The first kappa shape index (κ1) is 19.2. The fourth-order valence-corrected chi connectivity index (χ4v) is 2.32. The smallest absolute Gasteiger partial charge is 0.407 e. The molecule has 130 valence electrons. The Kier molecular flexibility index (Phi) is 6.40. The Morgan fingerprint density at radius 2 is 1.91 bits per heavy atom. The van der Waals surface area contributed by atoms with E-state index in [4.69, 9.17) is 9.88 Å². The number of nitrogens with two attached hydrogens (primary N) is 1. The zero-order valence-corrected chi connectivity index (χ0v) is 14.8. The highest BCUT2D eigenvalue weighted by Gasteiger charge is 2.15. The zero-order valence-electron chi connectivity index (χ0n) is 14.0. The van der Waals surface area contributed by atoms with Crippen LogP contribution >= 0.6 is 0 Å². The van der Waals surface area contributed by atoms with Crippen molar-refractivity contribution in [3.8, 4) is 0 Å². The number of sulfonamides is 1. The molecule has 0 spiro atoms. The lowest BCUT2D eigenvalue weighted by Gasteiger charge is -2.19. The van der Waals surface area contributed by atoms with Crippen LogP contribution in [0.1, 0.15) is 32.8 Å². The largest absolute Gasteiger partial charge is 0.444 e. The van der Waals surface area contributed by atoms with E-state index in [0.717, 1.165) is 5.56 Å². The number of alkyl carbamates (subject to hydrolysis) is 1. The molecule has 0 saturated carbocycles. The van der Waals surface area contributed by atoms with Gasteiger partial charge in [-0.2, -0.15) is 0 Å². The van der Waals surface area contributed by atoms with Gasteiger partial charge in [0.2, 0.25) is 10.0 Å². The quantitative estimate of drug-likeness (QED) is 0.684. The molecular formula is C15H25N3O4S. The molecule has 0 atom stereocenters. The fraction of sp³-hybridized carbons (Fsp3) is 0.533. The van der Waals surface area contributed by atoms with Gasteiger partial charge in [0.15, 0.2) is 0 Å². The number of amides is 1. The van der Waals surface area contributed by atoms with Crippen LogP contribution in [0.5, 0.6) is 0 Å². The maximum Gasteiger partial charge on any atom is 0.407 e. The first-order valence-electron chi connectivity index (χ1n) is 7.33. The number of primary sulfonamides is 1. The number of carbonyl (C=O) groups excluding carboxylic acids is 1. The van der Waals surface area contributed by atoms with Gasteiger partial charge in [-0.15, -0.1) is 0 Å². The maximum atomic E-state index is 11.5. The summed E-state index contributed by atoms with van der Waals surface area (Å²) in [6.07, 6.45) is 0.211. The topological polar surface area (TPSA) is 111 Å². The standard InChI is InChI=1S/C15H25N3O4S/c1-11-6-7-12(23(16,20)21)10-13(11)17-8-5-9-18-14(19)22-15(2,3)4/h6-7,10,17H,5,8-9H2,1-4H3,(H,18,19)(H2,16,20,21). The van der Waals surface area contributed by atoms with Gasteiger partial charge in [0.1, 0.15) is 5.60 Å². The van der Waals surface area contributed by atoms with Gasteiger partial charge in [-0.05, 0) is 51.8 Å². The summed E-state index contributed by atoms with van der Waals surface area (Å²) in [5.74, 6) is 0. The Balaban J connectivity index is 2.43. The van der Waals surface area contributed by atoms with E-state index >= 15 is 0 Å². The van der Waals surface area contributed by atoms with Gasteiger partial charge in [-0.1, -0.05) is 6.07 Å². The molecule has 8 heteroatoms. The summed E-state index contributed by atoms with van der Waals surface area (Å²) in [7, 11) is -3.72. The molecule has 0 unspecified atom stereocenters. The Labute approximate surface area is 137 Å². The molecule has 23 heavy (non-hydrogen) atoms. The van der Waals surface area contributed by atoms with Gasteiger partial charge < -0.3 is 15.4 Å². The van der Waals surface area contributed by atoms with Crippen LogP contribution in [0.4, 0.5) is 10.5 Å². The lowest BCUT2D eigenvalue weighted by atomic mass is 10.2. The van der Waals surface area contributed by atoms with E-state index in [9.17, 15) is 13.2 Å². The predicted molar refractivity (Wildman–Crippen MR) is 89.9 cm³/mol. The number of benzene rings is 1. The number of anilines is 1. The van der Waals surface area contributed by atoms with Crippen molar-refractivity contribution in [2.45, 2.75) is 44.6 Å². The van der Waals surface area contributed by atoms with Crippen LogP contribution in [-0.4, -0.2) is 33.2 Å². The number of carbonyl (C=O) groups is 1. The van der Waals surface area contributed by atoms with Crippen molar-refractivity contribution in [2.75, 3.05) is 18.4 Å². The van der Waals surface area contributed by atoms with Crippen LogP contribution in [-0.2, 0) is 14.8 Å². The molecule has 4 N–H and O–H groups in total. The molecule has 1 amide bonds. The van der Waals surface area contributed by atoms with E-state index in [2.05, 4.69) is 10.6 Å². The summed E-state index contributed by atoms with van der Waals surface area (Å²) in [4.78, 5) is 11.5. The number of aryl methyl sites for hydroxylation is 1. The average molecular weight is 343 g/mol. The van der Waals surface area contributed by atoms with Gasteiger partial charge in [0.25, 0.3) is 0 Å². The highest BCUT2D eigenvalue weighted by atomic mass is 32.2. The van der Waals surface area contributed by atoms with Crippen molar-refractivity contribution in [2.24, 2.45) is 5.14 Å². The number of hydrogen-bond acceptors (Lipinski definition) is 5. The van der Waals surface area contributed by atoms with E-state index < -0.39 is 21.7 Å². The van der Waals surface area contributed by atoms with Crippen LogP contribution in [0.2, 0.25) is 0 Å². The van der Waals surface area contributed by atoms with E-state index in [1.54, 1.807) is 26.8 Å². The second-order valence-electron chi connectivity index (χ2n) is 6.23. The summed E-state index contributed by atoms with van der Waals surface area (Å²) >= 11 is 0. The number of ether oxygens (including phenoxy) is 1. The first-order chi connectivity index (χ1) is 10.5. The Morgan fingerprint density at radius 3 is 2.48 bits per heavy atom. The molecule has 7 nitrogen and oxygen atoms in total. The minimum Gasteiger partial charge on any atom is -0.444 e. The highest BCUT2D eigenvalue weighted by molar-refractivity contribution is 7.89. The van der Waals surface area contributed by atoms with Crippen LogP contribution < -0.4 is 15.8 Å². The molecule has 0 aliphatic rings. The summed E-state index contributed by atoms with van der Waals surface area (Å²) < 4.78 is 27.8. The van der Waals surface area contributed by atoms with Crippen LogP contribution in [0.15, 0.2) is 23.1 Å². The van der Waals surface area contributed by atoms with Gasteiger partial charge in [0, 0.05) is 18.8 Å². The van der Waals surface area contributed by atoms with Crippen molar-refractivity contribution in [1.29, 1.82) is 0 Å². The number of hydrogen-bond donors (Lipinski definition) is 3. The lowest BCUT2D eigenvalue weighted by molar-refractivity contribution is 0.0528. The van der Waals surface area contributed by atoms with Crippen molar-refractivity contribution in [3.05, 3.63) is 23.8 Å². The zero-order chi connectivity index (χ0) is 17.7. The van der Waals surface area contributed by atoms with Crippen molar-refractivity contribution in [1.82, 2.24) is 5.32 Å². The van der Waals surface area contributed by atoms with E-state index in [0.29, 0.717) is 25.2 Å². The molecule has 1 aromatic rings. The maximum absolute atomic E-state index is 11.5. The van der Waals surface area contributed by atoms with Gasteiger partial charge in [-0.25, -0.2) is 18.4 Å². The molecule has 0 radical (unpaired) electrons. The second-order valence-corrected chi connectivity index (χ2v) is 7.79. The summed E-state index contributed by atoms with van der Waals surface area (Å²) in [6.45, 7) is 8.30. The normalized spacial score (nSPS) is 11.9. The number of nitrogens with one attached hydrogen (secondary N) is 2. The Bertz CT molecular complexity index is 651. The Hall–Kier alpha value is -1.80. The third-order valence-electron chi connectivity index (χ3n) is 2.87. The SMILES string of the molecule is Cc1ccc(S(N)(=O)=O)cc1NCCCNC(=O)OC(C)(C)C. The molecule has 0 saturated heterocycles. The van der Waals surface area contributed by atoms with Crippen molar-refractivity contribution < 1.29 is 17.9 Å². The molecule has 1 rings (SSSR count). The van der Waals surface area contributed by atoms with Crippen LogP contribution in [0.25, 0.3) is 0 Å². The molecule has 0 aromatic heterocycles. The summed E-state index contributed by atoms with van der Waals surface area (Å²) in [5.41, 5.74) is 1.10. The molecular weight excluding hydrogens is 318 g/mol. The van der Waals surface area contributed by atoms with Gasteiger partial charge >= 0.3 is 6.09 Å². The average Bonchev–Trinajstić information content (AvgIpc) is 2.36. The highest BCUT2D eigenvalue weighted by Crippen LogP contribution is 2.19. The minimum atomic E-state index is -3.72. The van der Waals surface area contributed by atoms with E-state index in [1.165, 1.54) is 12.1 Å². The molecule has 0 heterocycles. The predicted octanol–water partition coefficient (Wildman–Crippen LogP) is 1.97. The Morgan fingerprint density at radius 1 is 1.26 bits per heavy atom. The molecule has 1 aromatic carbocycles. The van der Waals surface area contributed by atoms with Gasteiger partial charge in [-0.3, -0.25) is 0 Å². The third-order valence-corrected chi connectivity index (χ3v) is 3.79. The van der Waals surface area contributed by atoms with Crippen molar-refractivity contribution >= 4 is 21.8 Å².